The van der Waals surface area contributed by atoms with Gasteiger partial charge in [0.25, 0.3) is 0 Å². The van der Waals surface area contributed by atoms with Crippen molar-refractivity contribution in [3.63, 3.8) is 0 Å². The molecule has 2 aromatic rings. The van der Waals surface area contributed by atoms with Gasteiger partial charge in [-0.3, -0.25) is 4.90 Å². The summed E-state index contributed by atoms with van der Waals surface area (Å²) in [4.78, 5) is 6.96. The summed E-state index contributed by atoms with van der Waals surface area (Å²) in [5.74, 6) is 1.08. The van der Waals surface area contributed by atoms with E-state index in [-0.39, 0.29) is 11.9 Å². The summed E-state index contributed by atoms with van der Waals surface area (Å²) < 4.78 is 20.2. The van der Waals surface area contributed by atoms with Crippen LogP contribution >= 0.6 is 0 Å². The van der Waals surface area contributed by atoms with Gasteiger partial charge in [0, 0.05) is 25.2 Å². The van der Waals surface area contributed by atoms with Crippen LogP contribution in [0, 0.1) is 5.82 Å². The zero-order valence-corrected chi connectivity index (χ0v) is 14.0. The molecule has 2 fully saturated rings. The van der Waals surface area contributed by atoms with Crippen molar-refractivity contribution in [1.29, 1.82) is 0 Å². The number of aromatic nitrogens is 2. The summed E-state index contributed by atoms with van der Waals surface area (Å²) in [6.07, 6.45) is 3.82. The molecule has 1 N–H and O–H groups in total. The molecule has 1 aromatic carbocycles. The minimum absolute atomic E-state index is 0.107. The van der Waals surface area contributed by atoms with Crippen LogP contribution in [-0.2, 0) is 5.41 Å². The number of nitrogens with one attached hydrogen (secondary N) is 1. The molecule has 128 valence electrons. The minimum atomic E-state index is -0.475. The highest BCUT2D eigenvalue weighted by molar-refractivity contribution is 5.34. The SMILES string of the molecule is CN1CCNCC1c1noc(C2(c3ccccc3F)CCCC2)n1. The van der Waals surface area contributed by atoms with Gasteiger partial charge in [-0.2, -0.15) is 4.98 Å². The number of likely N-dealkylation sites (N-methyl/N-ethyl adjacent to an activating group) is 1. The highest BCUT2D eigenvalue weighted by atomic mass is 19.1. The van der Waals surface area contributed by atoms with Crippen LogP contribution in [-0.4, -0.2) is 41.7 Å². The molecule has 1 saturated carbocycles. The Kier molecular flexibility index (Phi) is 4.10. The smallest absolute Gasteiger partial charge is 0.237 e. The average Bonchev–Trinajstić information content (AvgIpc) is 3.26. The van der Waals surface area contributed by atoms with Gasteiger partial charge in [0.1, 0.15) is 5.82 Å². The molecule has 1 saturated heterocycles. The Bertz CT molecular complexity index is 711. The second-order valence-electron chi connectivity index (χ2n) is 6.93. The summed E-state index contributed by atoms with van der Waals surface area (Å²) in [6.45, 7) is 2.73. The molecule has 2 heterocycles. The first kappa shape index (κ1) is 15.7. The highest BCUT2D eigenvalue weighted by Gasteiger charge is 2.44. The Morgan fingerprint density at radius 2 is 2.08 bits per heavy atom. The summed E-state index contributed by atoms with van der Waals surface area (Å²) in [5.41, 5.74) is 0.213. The summed E-state index contributed by atoms with van der Waals surface area (Å²) in [5, 5.41) is 7.61. The molecular weight excluding hydrogens is 307 g/mol. The topological polar surface area (TPSA) is 54.2 Å². The van der Waals surface area contributed by atoms with Crippen molar-refractivity contribution in [1.82, 2.24) is 20.4 Å². The van der Waals surface area contributed by atoms with E-state index in [9.17, 15) is 4.39 Å². The van der Waals surface area contributed by atoms with Gasteiger partial charge in [-0.15, -0.1) is 0 Å². The molecule has 0 amide bonds. The van der Waals surface area contributed by atoms with Gasteiger partial charge < -0.3 is 9.84 Å². The molecule has 0 bridgehead atoms. The standard InChI is InChI=1S/C18H23FN4O/c1-23-11-10-20-12-15(23)16-21-17(24-22-16)18(8-4-5-9-18)13-6-2-3-7-14(13)19/h2-3,6-7,15,20H,4-5,8-12H2,1H3. The lowest BCUT2D eigenvalue weighted by Crippen LogP contribution is -2.44. The molecule has 1 aliphatic heterocycles. The largest absolute Gasteiger partial charge is 0.338 e. The van der Waals surface area contributed by atoms with E-state index in [0.717, 1.165) is 45.3 Å². The molecule has 2 aliphatic rings. The van der Waals surface area contributed by atoms with Gasteiger partial charge >= 0.3 is 0 Å². The first-order chi connectivity index (χ1) is 11.7. The van der Waals surface area contributed by atoms with E-state index in [1.165, 1.54) is 6.07 Å². The van der Waals surface area contributed by atoms with Crippen molar-refractivity contribution in [3.05, 3.63) is 47.4 Å². The summed E-state index contributed by atoms with van der Waals surface area (Å²) >= 11 is 0. The number of halogens is 1. The Balaban J connectivity index is 1.72. The molecule has 1 unspecified atom stereocenters. The average molecular weight is 330 g/mol. The monoisotopic (exact) mass is 330 g/mol. The van der Waals surface area contributed by atoms with Crippen molar-refractivity contribution in [3.8, 4) is 0 Å². The van der Waals surface area contributed by atoms with Crippen LogP contribution in [0.4, 0.5) is 4.39 Å². The zero-order chi connectivity index (χ0) is 16.6. The summed E-state index contributed by atoms with van der Waals surface area (Å²) in [7, 11) is 2.07. The quantitative estimate of drug-likeness (QED) is 0.938. The van der Waals surface area contributed by atoms with E-state index in [4.69, 9.17) is 9.51 Å². The maximum absolute atomic E-state index is 14.5. The predicted molar refractivity (Wildman–Crippen MR) is 88.2 cm³/mol. The maximum atomic E-state index is 14.5. The predicted octanol–water partition coefficient (Wildman–Crippen LogP) is 2.64. The lowest BCUT2D eigenvalue weighted by molar-refractivity contribution is 0.190. The zero-order valence-electron chi connectivity index (χ0n) is 14.0. The van der Waals surface area contributed by atoms with Gasteiger partial charge in [-0.05, 0) is 26.0 Å². The van der Waals surface area contributed by atoms with Crippen molar-refractivity contribution < 1.29 is 8.91 Å². The van der Waals surface area contributed by atoms with Gasteiger partial charge in [0.2, 0.25) is 5.89 Å². The molecule has 4 rings (SSSR count). The van der Waals surface area contributed by atoms with Crippen LogP contribution in [0.2, 0.25) is 0 Å². The van der Waals surface area contributed by atoms with Crippen LogP contribution in [0.1, 0.15) is 49.0 Å². The van der Waals surface area contributed by atoms with E-state index in [0.29, 0.717) is 17.3 Å². The molecule has 1 atom stereocenters. The van der Waals surface area contributed by atoms with Crippen LogP contribution in [0.5, 0.6) is 0 Å². The molecule has 1 aromatic heterocycles. The van der Waals surface area contributed by atoms with Crippen LogP contribution < -0.4 is 5.32 Å². The van der Waals surface area contributed by atoms with Crippen LogP contribution in [0.15, 0.2) is 28.8 Å². The van der Waals surface area contributed by atoms with Gasteiger partial charge in [0.15, 0.2) is 5.82 Å². The van der Waals surface area contributed by atoms with Gasteiger partial charge in [-0.1, -0.05) is 36.2 Å². The molecular formula is C18H23FN4O. The molecule has 0 radical (unpaired) electrons. The van der Waals surface area contributed by atoms with E-state index in [1.807, 2.05) is 12.1 Å². The van der Waals surface area contributed by atoms with E-state index < -0.39 is 5.41 Å². The number of piperazine rings is 1. The van der Waals surface area contributed by atoms with Crippen molar-refractivity contribution >= 4 is 0 Å². The third kappa shape index (κ3) is 2.54. The number of hydrogen-bond acceptors (Lipinski definition) is 5. The molecule has 0 spiro atoms. The third-order valence-corrected chi connectivity index (χ3v) is 5.51. The Labute approximate surface area is 141 Å². The number of rotatable bonds is 3. The summed E-state index contributed by atoms with van der Waals surface area (Å²) in [6, 6.07) is 7.10. The first-order valence-corrected chi connectivity index (χ1v) is 8.71. The Morgan fingerprint density at radius 3 is 2.83 bits per heavy atom. The number of nitrogens with zero attached hydrogens (tertiary/aromatic N) is 3. The third-order valence-electron chi connectivity index (χ3n) is 5.51. The molecule has 24 heavy (non-hydrogen) atoms. The molecule has 1 aliphatic carbocycles. The lowest BCUT2D eigenvalue weighted by Gasteiger charge is -2.30. The first-order valence-electron chi connectivity index (χ1n) is 8.71. The van der Waals surface area contributed by atoms with Crippen molar-refractivity contribution in [2.45, 2.75) is 37.1 Å². The van der Waals surface area contributed by atoms with Crippen LogP contribution in [0.25, 0.3) is 0 Å². The fourth-order valence-corrected chi connectivity index (χ4v) is 4.09. The highest BCUT2D eigenvalue weighted by Crippen LogP contribution is 2.46. The lowest BCUT2D eigenvalue weighted by atomic mass is 9.78. The normalized spacial score (nSPS) is 24.3. The second kappa shape index (κ2) is 6.26. The minimum Gasteiger partial charge on any atom is -0.338 e. The van der Waals surface area contributed by atoms with Crippen molar-refractivity contribution in [2.75, 3.05) is 26.7 Å². The molecule has 5 nitrogen and oxygen atoms in total. The Morgan fingerprint density at radius 1 is 1.29 bits per heavy atom. The van der Waals surface area contributed by atoms with E-state index in [2.05, 4.69) is 22.4 Å². The van der Waals surface area contributed by atoms with Crippen molar-refractivity contribution in [2.24, 2.45) is 0 Å². The fourth-order valence-electron chi connectivity index (χ4n) is 4.09. The maximum Gasteiger partial charge on any atom is 0.237 e. The van der Waals surface area contributed by atoms with Crippen LogP contribution in [0.3, 0.4) is 0 Å². The van der Waals surface area contributed by atoms with E-state index in [1.54, 1.807) is 6.07 Å². The van der Waals surface area contributed by atoms with Gasteiger partial charge in [-0.25, -0.2) is 4.39 Å². The van der Waals surface area contributed by atoms with Gasteiger partial charge in [0.05, 0.1) is 11.5 Å². The second-order valence-corrected chi connectivity index (χ2v) is 6.93. The fraction of sp³-hybridized carbons (Fsp3) is 0.556. The number of benzene rings is 1. The molecule has 6 heteroatoms. The Hall–Kier alpha value is -1.79. The van der Waals surface area contributed by atoms with E-state index >= 15 is 0 Å². The number of hydrogen-bond donors (Lipinski definition) is 1.